The molecule has 0 unspecified atom stereocenters. The highest BCUT2D eigenvalue weighted by molar-refractivity contribution is 5.75. The van der Waals surface area contributed by atoms with Crippen molar-refractivity contribution < 1.29 is 9.63 Å². The van der Waals surface area contributed by atoms with E-state index in [2.05, 4.69) is 4.84 Å². The van der Waals surface area contributed by atoms with Gasteiger partial charge in [0.05, 0.1) is 0 Å². The third-order valence-electron chi connectivity index (χ3n) is 1.72. The normalized spacial score (nSPS) is 12.2. The maximum Gasteiger partial charge on any atom is 0.341 e. The molecule has 0 saturated heterocycles. The fraction of sp³-hybridized carbons (Fsp3) is 0.222. The lowest BCUT2D eigenvalue weighted by Crippen LogP contribution is -2.35. The van der Waals surface area contributed by atoms with Crippen LogP contribution in [-0.2, 0) is 16.1 Å². The van der Waals surface area contributed by atoms with Crippen molar-refractivity contribution in [1.29, 1.82) is 0 Å². The van der Waals surface area contributed by atoms with E-state index in [1.54, 1.807) is 0 Å². The van der Waals surface area contributed by atoms with E-state index in [-0.39, 0.29) is 0 Å². The highest BCUT2D eigenvalue weighted by atomic mass is 16.7. The van der Waals surface area contributed by atoms with Crippen LogP contribution in [-0.4, -0.2) is 12.0 Å². The van der Waals surface area contributed by atoms with Gasteiger partial charge in [-0.05, 0) is 12.0 Å². The Kier molecular flexibility index (Phi) is 3.42. The smallest absolute Gasteiger partial charge is 0.341 e. The van der Waals surface area contributed by atoms with Gasteiger partial charge in [-0.3, -0.25) is 0 Å². The molecule has 0 bridgehead atoms. The minimum Gasteiger partial charge on any atom is -0.372 e. The summed E-state index contributed by atoms with van der Waals surface area (Å²) in [6.07, 6.45) is 0.441. The zero-order valence-corrected chi connectivity index (χ0v) is 7.14. The minimum atomic E-state index is -0.688. The maximum atomic E-state index is 10.8. The Labute approximate surface area is 76.4 Å². The summed E-state index contributed by atoms with van der Waals surface area (Å²) in [5.41, 5.74) is 6.49. The van der Waals surface area contributed by atoms with Crippen molar-refractivity contribution in [3.63, 3.8) is 0 Å². The van der Waals surface area contributed by atoms with Crippen LogP contribution in [0.1, 0.15) is 5.56 Å². The van der Waals surface area contributed by atoms with E-state index in [4.69, 9.17) is 11.6 Å². The predicted molar refractivity (Wildman–Crippen MR) is 48.4 cm³/mol. The largest absolute Gasteiger partial charge is 0.372 e. The van der Waals surface area contributed by atoms with Crippen LogP contribution in [0.15, 0.2) is 30.3 Å². The van der Waals surface area contributed by atoms with Gasteiger partial charge < -0.3 is 10.6 Å². The molecule has 4 nitrogen and oxygen atoms in total. The van der Waals surface area contributed by atoms with Crippen LogP contribution < -0.4 is 11.6 Å². The zero-order chi connectivity index (χ0) is 9.68. The highest BCUT2D eigenvalue weighted by Crippen LogP contribution is 2.01. The van der Waals surface area contributed by atoms with Crippen LogP contribution in [0.4, 0.5) is 0 Å². The Hall–Kier alpha value is -1.39. The van der Waals surface area contributed by atoms with Crippen molar-refractivity contribution in [2.75, 3.05) is 0 Å². The molecule has 0 aliphatic carbocycles. The molecule has 1 rings (SSSR count). The van der Waals surface area contributed by atoms with Gasteiger partial charge in [0.2, 0.25) is 0 Å². The summed E-state index contributed by atoms with van der Waals surface area (Å²) in [5.74, 6) is 4.10. The molecule has 0 fully saturated rings. The van der Waals surface area contributed by atoms with Crippen molar-refractivity contribution in [3.05, 3.63) is 35.9 Å². The average Bonchev–Trinajstić information content (AvgIpc) is 2.18. The second kappa shape index (κ2) is 4.59. The lowest BCUT2D eigenvalue weighted by Gasteiger charge is -2.07. The van der Waals surface area contributed by atoms with E-state index in [9.17, 15) is 4.79 Å². The van der Waals surface area contributed by atoms with Crippen molar-refractivity contribution in [3.8, 4) is 0 Å². The molecular formula is C9H12N2O2. The van der Waals surface area contributed by atoms with E-state index in [1.807, 2.05) is 30.3 Å². The SMILES string of the molecule is NOC(=O)[C@H](N)Cc1ccccc1. The molecule has 0 heterocycles. The molecule has 1 aromatic carbocycles. The second-order valence-electron chi connectivity index (χ2n) is 2.73. The topological polar surface area (TPSA) is 78.3 Å². The van der Waals surface area contributed by atoms with E-state index >= 15 is 0 Å². The summed E-state index contributed by atoms with van der Waals surface area (Å²) in [6.45, 7) is 0. The van der Waals surface area contributed by atoms with Crippen molar-refractivity contribution >= 4 is 5.97 Å². The Bertz CT molecular complexity index is 274. The molecule has 70 valence electrons. The third-order valence-corrected chi connectivity index (χ3v) is 1.72. The Morgan fingerprint density at radius 2 is 2.00 bits per heavy atom. The first-order valence-electron chi connectivity index (χ1n) is 3.94. The molecule has 0 saturated carbocycles. The number of hydrogen-bond acceptors (Lipinski definition) is 4. The van der Waals surface area contributed by atoms with Crippen LogP contribution >= 0.6 is 0 Å². The van der Waals surface area contributed by atoms with Gasteiger partial charge in [0.1, 0.15) is 6.04 Å². The Balaban J connectivity index is 2.55. The summed E-state index contributed by atoms with van der Waals surface area (Å²) < 4.78 is 0. The van der Waals surface area contributed by atoms with Gasteiger partial charge in [0.15, 0.2) is 0 Å². The molecule has 0 aromatic heterocycles. The van der Waals surface area contributed by atoms with Gasteiger partial charge in [-0.25, -0.2) is 4.79 Å². The summed E-state index contributed by atoms with van der Waals surface area (Å²) in [5, 5.41) is 0. The van der Waals surface area contributed by atoms with Crippen LogP contribution in [0.5, 0.6) is 0 Å². The van der Waals surface area contributed by atoms with E-state index in [0.717, 1.165) is 5.56 Å². The van der Waals surface area contributed by atoms with Crippen molar-refractivity contribution in [2.24, 2.45) is 11.6 Å². The summed E-state index contributed by atoms with van der Waals surface area (Å²) >= 11 is 0. The molecule has 0 aliphatic heterocycles. The number of carbonyl (C=O) groups is 1. The fourth-order valence-electron chi connectivity index (χ4n) is 1.04. The molecule has 0 radical (unpaired) electrons. The first-order chi connectivity index (χ1) is 6.24. The van der Waals surface area contributed by atoms with Gasteiger partial charge in [0, 0.05) is 0 Å². The van der Waals surface area contributed by atoms with E-state index < -0.39 is 12.0 Å². The highest BCUT2D eigenvalue weighted by Gasteiger charge is 2.14. The molecule has 0 spiro atoms. The van der Waals surface area contributed by atoms with Gasteiger partial charge in [-0.15, -0.1) is 0 Å². The summed E-state index contributed by atoms with van der Waals surface area (Å²) in [6, 6.07) is 8.77. The quantitative estimate of drug-likeness (QED) is 0.640. The number of hydrogen-bond donors (Lipinski definition) is 2. The summed E-state index contributed by atoms with van der Waals surface area (Å²) in [7, 11) is 0. The minimum absolute atomic E-state index is 0.441. The van der Waals surface area contributed by atoms with Gasteiger partial charge in [-0.2, -0.15) is 5.90 Å². The van der Waals surface area contributed by atoms with Crippen LogP contribution in [0, 0.1) is 0 Å². The molecule has 1 atom stereocenters. The number of rotatable bonds is 3. The predicted octanol–water partition coefficient (Wildman–Crippen LogP) is -0.0267. The zero-order valence-electron chi connectivity index (χ0n) is 7.14. The first kappa shape index (κ1) is 9.70. The standard InChI is InChI=1S/C9H12N2O2/c10-8(9(12)13-11)6-7-4-2-1-3-5-7/h1-5,8H,6,10-11H2/t8-/m1/s1. The van der Waals surface area contributed by atoms with Crippen LogP contribution in [0.25, 0.3) is 0 Å². The number of nitrogens with two attached hydrogens (primary N) is 2. The molecule has 4 heteroatoms. The van der Waals surface area contributed by atoms with E-state index in [0.29, 0.717) is 6.42 Å². The van der Waals surface area contributed by atoms with Gasteiger partial charge in [0.25, 0.3) is 0 Å². The molecule has 4 N–H and O–H groups in total. The molecule has 1 aromatic rings. The lowest BCUT2D eigenvalue weighted by atomic mass is 10.1. The van der Waals surface area contributed by atoms with Crippen molar-refractivity contribution in [1.82, 2.24) is 0 Å². The van der Waals surface area contributed by atoms with Crippen LogP contribution in [0.3, 0.4) is 0 Å². The second-order valence-corrected chi connectivity index (χ2v) is 2.73. The maximum absolute atomic E-state index is 10.8. The molecule has 13 heavy (non-hydrogen) atoms. The van der Waals surface area contributed by atoms with Crippen molar-refractivity contribution in [2.45, 2.75) is 12.5 Å². The molecule has 0 amide bonds. The number of carbonyl (C=O) groups excluding carboxylic acids is 1. The Morgan fingerprint density at radius 3 is 2.54 bits per heavy atom. The molecular weight excluding hydrogens is 168 g/mol. The number of benzene rings is 1. The van der Waals surface area contributed by atoms with Gasteiger partial charge in [-0.1, -0.05) is 30.3 Å². The van der Waals surface area contributed by atoms with Gasteiger partial charge >= 0.3 is 5.97 Å². The summed E-state index contributed by atoms with van der Waals surface area (Å²) in [4.78, 5) is 14.9. The monoisotopic (exact) mass is 180 g/mol. The van der Waals surface area contributed by atoms with Crippen LogP contribution in [0.2, 0.25) is 0 Å². The first-order valence-corrected chi connectivity index (χ1v) is 3.94. The average molecular weight is 180 g/mol. The van der Waals surface area contributed by atoms with E-state index in [1.165, 1.54) is 0 Å². The molecule has 0 aliphatic rings. The lowest BCUT2D eigenvalue weighted by molar-refractivity contribution is -0.145. The Morgan fingerprint density at radius 1 is 1.38 bits per heavy atom. The third kappa shape index (κ3) is 2.85. The fourth-order valence-corrected chi connectivity index (χ4v) is 1.04.